The lowest BCUT2D eigenvalue weighted by atomic mass is 10.1. The summed E-state index contributed by atoms with van der Waals surface area (Å²) in [5.41, 5.74) is 1.87. The summed E-state index contributed by atoms with van der Waals surface area (Å²) in [4.78, 5) is 33.1. The molecule has 29 heavy (non-hydrogen) atoms. The van der Waals surface area contributed by atoms with Crippen molar-refractivity contribution >= 4 is 38.6 Å². The molecule has 0 atom stereocenters. The summed E-state index contributed by atoms with van der Waals surface area (Å²) in [5.74, 6) is 0.325. The molecule has 0 N–H and O–H groups in total. The molecule has 1 aliphatic heterocycles. The van der Waals surface area contributed by atoms with Crippen molar-refractivity contribution in [1.29, 1.82) is 0 Å². The zero-order valence-corrected chi connectivity index (χ0v) is 17.1. The summed E-state index contributed by atoms with van der Waals surface area (Å²) in [6.45, 7) is 2.66. The summed E-state index contributed by atoms with van der Waals surface area (Å²) in [6.07, 6.45) is 0. The molecule has 150 valence electrons. The van der Waals surface area contributed by atoms with Crippen LogP contribution in [0.1, 0.15) is 20.7 Å². The van der Waals surface area contributed by atoms with Crippen molar-refractivity contribution in [2.75, 3.05) is 45.3 Å². The second kappa shape index (κ2) is 8.08. The van der Waals surface area contributed by atoms with Gasteiger partial charge in [0.05, 0.1) is 24.5 Å². The maximum absolute atomic E-state index is 12.8. The number of esters is 1. The Bertz CT molecular complexity index is 1040. The third-order valence-electron chi connectivity index (χ3n) is 4.98. The van der Waals surface area contributed by atoms with Crippen molar-refractivity contribution in [3.8, 4) is 5.75 Å². The lowest BCUT2D eigenvalue weighted by molar-refractivity contribution is 0.0599. The Balaban J connectivity index is 1.43. The molecule has 1 aliphatic rings. The molecule has 0 aliphatic carbocycles. The van der Waals surface area contributed by atoms with E-state index in [-0.39, 0.29) is 5.91 Å². The van der Waals surface area contributed by atoms with E-state index < -0.39 is 5.97 Å². The van der Waals surface area contributed by atoms with Crippen LogP contribution in [0, 0.1) is 0 Å². The first-order valence-corrected chi connectivity index (χ1v) is 10.1. The second-order valence-corrected chi connectivity index (χ2v) is 7.66. The minimum atomic E-state index is -0.412. The van der Waals surface area contributed by atoms with Gasteiger partial charge in [-0.25, -0.2) is 9.78 Å². The summed E-state index contributed by atoms with van der Waals surface area (Å²) in [5, 5.41) is 0.944. The first-order chi connectivity index (χ1) is 14.1. The number of amides is 1. The number of carbonyl (C=O) groups excluding carboxylic acids is 2. The number of hydrogen-bond donors (Lipinski definition) is 0. The highest BCUT2D eigenvalue weighted by molar-refractivity contribution is 7.22. The number of hydrogen-bond acceptors (Lipinski definition) is 7. The van der Waals surface area contributed by atoms with E-state index >= 15 is 0 Å². The van der Waals surface area contributed by atoms with Crippen LogP contribution in [-0.2, 0) is 4.74 Å². The number of carbonyl (C=O) groups is 2. The lowest BCUT2D eigenvalue weighted by Crippen LogP contribution is -2.48. The number of para-hydroxylation sites is 1. The van der Waals surface area contributed by atoms with Gasteiger partial charge in [0.2, 0.25) is 0 Å². The smallest absolute Gasteiger partial charge is 0.337 e. The number of aromatic nitrogens is 1. The third kappa shape index (κ3) is 3.75. The number of piperazine rings is 1. The molecule has 2 aromatic carbocycles. The zero-order chi connectivity index (χ0) is 20.4. The molecule has 1 fully saturated rings. The molecule has 0 spiro atoms. The van der Waals surface area contributed by atoms with Crippen molar-refractivity contribution in [2.24, 2.45) is 0 Å². The topological polar surface area (TPSA) is 72.0 Å². The summed E-state index contributed by atoms with van der Waals surface area (Å²) in [7, 11) is 2.98. The average Bonchev–Trinajstić information content (AvgIpc) is 3.23. The Morgan fingerprint density at radius 2 is 1.66 bits per heavy atom. The molecule has 0 radical (unpaired) electrons. The molecule has 1 aromatic heterocycles. The summed E-state index contributed by atoms with van der Waals surface area (Å²) >= 11 is 1.63. The van der Waals surface area contributed by atoms with Crippen molar-refractivity contribution in [3.63, 3.8) is 0 Å². The Morgan fingerprint density at radius 1 is 0.966 bits per heavy atom. The number of rotatable bonds is 4. The second-order valence-electron chi connectivity index (χ2n) is 6.65. The standard InChI is InChI=1S/C21H21N3O4S/c1-27-16-4-3-5-17-18(16)22-21(29-17)24-12-10-23(11-13-24)19(25)14-6-8-15(9-7-14)20(26)28-2/h3-9H,10-13H2,1-2H3. The maximum Gasteiger partial charge on any atom is 0.337 e. The fraction of sp³-hybridized carbons (Fsp3) is 0.286. The highest BCUT2D eigenvalue weighted by atomic mass is 32.1. The van der Waals surface area contributed by atoms with Gasteiger partial charge in [-0.3, -0.25) is 4.79 Å². The van der Waals surface area contributed by atoms with Crippen molar-refractivity contribution < 1.29 is 19.1 Å². The van der Waals surface area contributed by atoms with E-state index in [9.17, 15) is 9.59 Å². The van der Waals surface area contributed by atoms with Crippen LogP contribution in [0.15, 0.2) is 42.5 Å². The first kappa shape index (κ1) is 19.2. The molecule has 0 saturated carbocycles. The number of fused-ring (bicyclic) bond motifs is 1. The fourth-order valence-electron chi connectivity index (χ4n) is 3.36. The average molecular weight is 411 g/mol. The van der Waals surface area contributed by atoms with Crippen molar-refractivity contribution in [2.45, 2.75) is 0 Å². The summed E-state index contributed by atoms with van der Waals surface area (Å²) < 4.78 is 11.2. The zero-order valence-electron chi connectivity index (χ0n) is 16.3. The van der Waals surface area contributed by atoms with Gasteiger partial charge in [-0.2, -0.15) is 0 Å². The Hall–Kier alpha value is -3.13. The van der Waals surface area contributed by atoms with Crippen LogP contribution in [0.4, 0.5) is 5.13 Å². The van der Waals surface area contributed by atoms with Gasteiger partial charge in [0.1, 0.15) is 11.3 Å². The van der Waals surface area contributed by atoms with Gasteiger partial charge in [-0.15, -0.1) is 0 Å². The monoisotopic (exact) mass is 411 g/mol. The minimum absolute atomic E-state index is 0.0352. The predicted molar refractivity (Wildman–Crippen MR) is 112 cm³/mol. The lowest BCUT2D eigenvalue weighted by Gasteiger charge is -2.34. The third-order valence-corrected chi connectivity index (χ3v) is 6.06. The summed E-state index contributed by atoms with van der Waals surface area (Å²) in [6, 6.07) is 12.5. The SMILES string of the molecule is COC(=O)c1ccc(C(=O)N2CCN(c3nc4c(OC)cccc4s3)CC2)cc1. The van der Waals surface area contributed by atoms with Crippen LogP contribution >= 0.6 is 11.3 Å². The van der Waals surface area contributed by atoms with Gasteiger partial charge < -0.3 is 19.3 Å². The van der Waals surface area contributed by atoms with Gasteiger partial charge in [-0.05, 0) is 36.4 Å². The van der Waals surface area contributed by atoms with E-state index in [0.717, 1.165) is 21.1 Å². The van der Waals surface area contributed by atoms with Gasteiger partial charge in [0.15, 0.2) is 5.13 Å². The van der Waals surface area contributed by atoms with Crippen LogP contribution in [0.3, 0.4) is 0 Å². The highest BCUT2D eigenvalue weighted by Gasteiger charge is 2.24. The van der Waals surface area contributed by atoms with E-state index in [1.165, 1.54) is 7.11 Å². The van der Waals surface area contributed by atoms with Crippen LogP contribution < -0.4 is 9.64 Å². The molecular weight excluding hydrogens is 390 g/mol. The number of anilines is 1. The number of benzene rings is 2. The normalized spacial score (nSPS) is 14.1. The van der Waals surface area contributed by atoms with E-state index in [1.54, 1.807) is 42.7 Å². The molecule has 0 bridgehead atoms. The van der Waals surface area contributed by atoms with Crippen LogP contribution in [0.2, 0.25) is 0 Å². The van der Waals surface area contributed by atoms with E-state index in [2.05, 4.69) is 4.90 Å². The molecule has 3 aromatic rings. The molecular formula is C21H21N3O4S. The molecule has 4 rings (SSSR count). The number of ether oxygens (including phenoxy) is 2. The molecule has 7 nitrogen and oxygen atoms in total. The Morgan fingerprint density at radius 3 is 2.31 bits per heavy atom. The molecule has 1 amide bonds. The number of thiazole rings is 1. The fourth-order valence-corrected chi connectivity index (χ4v) is 4.40. The largest absolute Gasteiger partial charge is 0.494 e. The molecule has 1 saturated heterocycles. The quantitative estimate of drug-likeness (QED) is 0.615. The Labute approximate surface area is 172 Å². The predicted octanol–water partition coefficient (Wildman–Crippen LogP) is 3.05. The highest BCUT2D eigenvalue weighted by Crippen LogP contribution is 2.34. The van der Waals surface area contributed by atoms with Gasteiger partial charge in [0, 0.05) is 31.7 Å². The van der Waals surface area contributed by atoms with Crippen LogP contribution in [-0.4, -0.2) is 62.2 Å². The minimum Gasteiger partial charge on any atom is -0.494 e. The van der Waals surface area contributed by atoms with Gasteiger partial charge >= 0.3 is 5.97 Å². The van der Waals surface area contributed by atoms with Crippen molar-refractivity contribution in [1.82, 2.24) is 9.88 Å². The van der Waals surface area contributed by atoms with Crippen LogP contribution in [0.5, 0.6) is 5.75 Å². The van der Waals surface area contributed by atoms with Crippen LogP contribution in [0.25, 0.3) is 10.2 Å². The number of methoxy groups -OCH3 is 2. The first-order valence-electron chi connectivity index (χ1n) is 9.27. The van der Waals surface area contributed by atoms with Crippen molar-refractivity contribution in [3.05, 3.63) is 53.6 Å². The molecule has 8 heteroatoms. The number of nitrogens with zero attached hydrogens (tertiary/aromatic N) is 3. The van der Waals surface area contributed by atoms with E-state index in [1.807, 2.05) is 23.1 Å². The molecule has 2 heterocycles. The maximum atomic E-state index is 12.8. The van der Waals surface area contributed by atoms with Gasteiger partial charge in [-0.1, -0.05) is 17.4 Å². The Kier molecular flexibility index (Phi) is 5.35. The van der Waals surface area contributed by atoms with Gasteiger partial charge in [0.25, 0.3) is 5.91 Å². The van der Waals surface area contributed by atoms with E-state index in [4.69, 9.17) is 14.5 Å². The molecule has 0 unspecified atom stereocenters. The van der Waals surface area contributed by atoms with E-state index in [0.29, 0.717) is 37.3 Å².